The summed E-state index contributed by atoms with van der Waals surface area (Å²) in [6.45, 7) is 4.18. The highest BCUT2D eigenvalue weighted by atomic mass is 35.5. The van der Waals surface area contributed by atoms with Gasteiger partial charge in [0.1, 0.15) is 5.75 Å². The van der Waals surface area contributed by atoms with Crippen molar-refractivity contribution >= 4 is 33.2 Å². The SMILES string of the molecule is COc1ccc([C@@H](CC(C)C)NC(=O)c2ccc(NS(=O)(=O)c3ccccc3)c(Cl)c2)cc1. The topological polar surface area (TPSA) is 84.5 Å². The van der Waals surface area contributed by atoms with Gasteiger partial charge < -0.3 is 10.1 Å². The van der Waals surface area contributed by atoms with Gasteiger partial charge in [-0.05, 0) is 60.4 Å². The highest BCUT2D eigenvalue weighted by Crippen LogP contribution is 2.28. The van der Waals surface area contributed by atoms with Crippen molar-refractivity contribution in [3.05, 3.63) is 88.9 Å². The van der Waals surface area contributed by atoms with E-state index >= 15 is 0 Å². The van der Waals surface area contributed by atoms with E-state index < -0.39 is 10.0 Å². The van der Waals surface area contributed by atoms with E-state index in [1.165, 1.54) is 24.3 Å². The molecule has 174 valence electrons. The summed E-state index contributed by atoms with van der Waals surface area (Å²) in [5.41, 5.74) is 1.51. The lowest BCUT2D eigenvalue weighted by atomic mass is 9.96. The number of halogens is 1. The number of ether oxygens (including phenoxy) is 1. The van der Waals surface area contributed by atoms with Gasteiger partial charge in [-0.3, -0.25) is 9.52 Å². The van der Waals surface area contributed by atoms with E-state index in [4.69, 9.17) is 16.3 Å². The number of sulfonamides is 1. The average Bonchev–Trinajstić information content (AvgIpc) is 2.80. The van der Waals surface area contributed by atoms with Crippen molar-refractivity contribution in [2.75, 3.05) is 11.8 Å². The first-order chi connectivity index (χ1) is 15.7. The van der Waals surface area contributed by atoms with Crippen LogP contribution in [0.25, 0.3) is 0 Å². The quantitative estimate of drug-likeness (QED) is 0.408. The number of hydrogen-bond acceptors (Lipinski definition) is 4. The Balaban J connectivity index is 1.77. The summed E-state index contributed by atoms with van der Waals surface area (Å²) in [4.78, 5) is 13.1. The third-order valence-corrected chi connectivity index (χ3v) is 6.75. The predicted octanol–water partition coefficient (Wildman–Crippen LogP) is 5.67. The summed E-state index contributed by atoms with van der Waals surface area (Å²) >= 11 is 6.32. The molecule has 0 saturated heterocycles. The molecule has 0 bridgehead atoms. The van der Waals surface area contributed by atoms with Crippen LogP contribution in [0.15, 0.2) is 77.7 Å². The molecule has 1 amide bonds. The summed E-state index contributed by atoms with van der Waals surface area (Å²) in [5, 5.41) is 3.19. The van der Waals surface area contributed by atoms with Crippen molar-refractivity contribution in [1.82, 2.24) is 5.32 Å². The van der Waals surface area contributed by atoms with Gasteiger partial charge in [-0.15, -0.1) is 0 Å². The fourth-order valence-corrected chi connectivity index (χ4v) is 4.75. The Bertz CT molecular complexity index is 1200. The van der Waals surface area contributed by atoms with Crippen LogP contribution in [0.1, 0.15) is 42.2 Å². The molecule has 0 aliphatic heterocycles. The maximum atomic E-state index is 13.0. The number of nitrogens with one attached hydrogen (secondary N) is 2. The standard InChI is InChI=1S/C25H27ClN2O4S/c1-17(2)15-24(18-9-12-20(32-3)13-10-18)27-25(29)19-11-14-23(22(26)16-19)28-33(30,31)21-7-5-4-6-8-21/h4-14,16-17,24,28H,15H2,1-3H3,(H,27,29)/t24-/m1/s1. The molecule has 0 spiro atoms. The maximum absolute atomic E-state index is 13.0. The molecular weight excluding hydrogens is 460 g/mol. The molecule has 8 heteroatoms. The predicted molar refractivity (Wildman–Crippen MR) is 131 cm³/mol. The molecular formula is C25H27ClN2O4S. The zero-order chi connectivity index (χ0) is 24.0. The van der Waals surface area contributed by atoms with Crippen LogP contribution in [0.3, 0.4) is 0 Å². The first-order valence-corrected chi connectivity index (χ1v) is 12.4. The molecule has 1 atom stereocenters. The molecule has 0 heterocycles. The largest absolute Gasteiger partial charge is 0.497 e. The number of amides is 1. The zero-order valence-electron chi connectivity index (χ0n) is 18.7. The van der Waals surface area contributed by atoms with Crippen molar-refractivity contribution < 1.29 is 17.9 Å². The third-order valence-electron chi connectivity index (χ3n) is 5.06. The van der Waals surface area contributed by atoms with Crippen molar-refractivity contribution in [3.63, 3.8) is 0 Å². The number of carbonyl (C=O) groups excluding carboxylic acids is 1. The third kappa shape index (κ3) is 6.49. The first kappa shape index (κ1) is 24.6. The summed E-state index contributed by atoms with van der Waals surface area (Å²) in [6, 6.07) is 19.9. The van der Waals surface area contributed by atoms with Crippen molar-refractivity contribution in [1.29, 1.82) is 0 Å². The molecule has 0 saturated carbocycles. The molecule has 6 nitrogen and oxygen atoms in total. The van der Waals surface area contributed by atoms with Gasteiger partial charge in [-0.1, -0.05) is 55.8 Å². The first-order valence-electron chi connectivity index (χ1n) is 10.5. The highest BCUT2D eigenvalue weighted by molar-refractivity contribution is 7.92. The van der Waals surface area contributed by atoms with E-state index in [-0.39, 0.29) is 27.6 Å². The molecule has 0 aliphatic carbocycles. The fraction of sp³-hybridized carbons (Fsp3) is 0.240. The maximum Gasteiger partial charge on any atom is 0.261 e. The van der Waals surface area contributed by atoms with Crippen LogP contribution < -0.4 is 14.8 Å². The molecule has 0 unspecified atom stereocenters. The number of rotatable bonds is 9. The lowest BCUT2D eigenvalue weighted by molar-refractivity contribution is 0.0932. The van der Waals surface area contributed by atoms with Gasteiger partial charge in [0.25, 0.3) is 15.9 Å². The minimum atomic E-state index is -3.79. The van der Waals surface area contributed by atoms with Gasteiger partial charge in [-0.25, -0.2) is 8.42 Å². The normalized spacial score (nSPS) is 12.3. The Morgan fingerprint density at radius 3 is 2.24 bits per heavy atom. The summed E-state index contributed by atoms with van der Waals surface area (Å²) in [6.07, 6.45) is 0.751. The van der Waals surface area contributed by atoms with Gasteiger partial charge in [0.05, 0.1) is 28.8 Å². The second-order valence-corrected chi connectivity index (χ2v) is 10.1. The highest BCUT2D eigenvalue weighted by Gasteiger charge is 2.20. The van der Waals surface area contributed by atoms with E-state index in [0.717, 1.165) is 17.7 Å². The number of carbonyl (C=O) groups is 1. The molecule has 0 aliphatic rings. The number of hydrogen-bond donors (Lipinski definition) is 2. The minimum absolute atomic E-state index is 0.124. The van der Waals surface area contributed by atoms with E-state index in [2.05, 4.69) is 23.9 Å². The van der Waals surface area contributed by atoms with Gasteiger partial charge in [0.15, 0.2) is 0 Å². The number of benzene rings is 3. The van der Waals surface area contributed by atoms with E-state index in [0.29, 0.717) is 11.5 Å². The van der Waals surface area contributed by atoms with E-state index in [1.54, 1.807) is 31.4 Å². The minimum Gasteiger partial charge on any atom is -0.497 e. The molecule has 0 radical (unpaired) electrons. The van der Waals surface area contributed by atoms with Crippen LogP contribution in [-0.4, -0.2) is 21.4 Å². The molecule has 3 aromatic carbocycles. The average molecular weight is 487 g/mol. The molecule has 0 aromatic heterocycles. The monoisotopic (exact) mass is 486 g/mol. The van der Waals surface area contributed by atoms with Gasteiger partial charge in [0, 0.05) is 5.56 Å². The Morgan fingerprint density at radius 2 is 1.67 bits per heavy atom. The van der Waals surface area contributed by atoms with Gasteiger partial charge in [0.2, 0.25) is 0 Å². The van der Waals surface area contributed by atoms with Gasteiger partial charge in [-0.2, -0.15) is 0 Å². The number of anilines is 1. The van der Waals surface area contributed by atoms with Crippen LogP contribution in [0, 0.1) is 5.92 Å². The Labute approximate surface area is 200 Å². The molecule has 3 rings (SSSR count). The molecule has 3 aromatic rings. The smallest absolute Gasteiger partial charge is 0.261 e. The Hall–Kier alpha value is -3.03. The van der Waals surface area contributed by atoms with Gasteiger partial charge >= 0.3 is 0 Å². The van der Waals surface area contributed by atoms with Crippen molar-refractivity contribution in [3.8, 4) is 5.75 Å². The summed E-state index contributed by atoms with van der Waals surface area (Å²) in [5.74, 6) is 0.806. The number of methoxy groups -OCH3 is 1. The Kier molecular flexibility index (Phi) is 8.00. The van der Waals surface area contributed by atoms with Crippen LogP contribution in [0.2, 0.25) is 5.02 Å². The van der Waals surface area contributed by atoms with Crippen LogP contribution in [-0.2, 0) is 10.0 Å². The summed E-state index contributed by atoms with van der Waals surface area (Å²) in [7, 11) is -2.18. The molecule has 0 fully saturated rings. The van der Waals surface area contributed by atoms with E-state index in [9.17, 15) is 13.2 Å². The summed E-state index contributed by atoms with van der Waals surface area (Å²) < 4.78 is 32.8. The van der Waals surface area contributed by atoms with Crippen LogP contribution >= 0.6 is 11.6 Å². The second kappa shape index (κ2) is 10.7. The van der Waals surface area contributed by atoms with E-state index in [1.807, 2.05) is 24.3 Å². The molecule has 2 N–H and O–H groups in total. The second-order valence-electron chi connectivity index (χ2n) is 8.04. The van der Waals surface area contributed by atoms with Crippen LogP contribution in [0.5, 0.6) is 5.75 Å². The Morgan fingerprint density at radius 1 is 1.00 bits per heavy atom. The van der Waals surface area contributed by atoms with Crippen molar-refractivity contribution in [2.24, 2.45) is 5.92 Å². The van der Waals surface area contributed by atoms with Crippen LogP contribution in [0.4, 0.5) is 5.69 Å². The fourth-order valence-electron chi connectivity index (χ4n) is 3.37. The lowest BCUT2D eigenvalue weighted by Crippen LogP contribution is -2.29. The molecule has 33 heavy (non-hydrogen) atoms. The zero-order valence-corrected chi connectivity index (χ0v) is 20.3. The van der Waals surface area contributed by atoms with Crippen molar-refractivity contribution in [2.45, 2.75) is 31.2 Å². The lowest BCUT2D eigenvalue weighted by Gasteiger charge is -2.22.